The predicted molar refractivity (Wildman–Crippen MR) is 80.8 cm³/mol. The first kappa shape index (κ1) is 13.0. The van der Waals surface area contributed by atoms with Crippen LogP contribution in [-0.2, 0) is 11.2 Å². The fraction of sp³-hybridized carbons (Fsp3) is 0.533. The number of rotatable bonds is 2. The number of anilines is 1. The fourth-order valence-electron chi connectivity index (χ4n) is 2.86. The summed E-state index contributed by atoms with van der Waals surface area (Å²) in [5, 5.41) is 3.44. The second kappa shape index (κ2) is 5.97. The van der Waals surface area contributed by atoms with Gasteiger partial charge in [0.1, 0.15) is 0 Å². The van der Waals surface area contributed by atoms with E-state index in [0.717, 1.165) is 43.1 Å². The molecule has 102 valence electrons. The lowest BCUT2D eigenvalue weighted by atomic mass is 10.0. The average molecular weight is 276 g/mol. The maximum absolute atomic E-state index is 12.5. The zero-order valence-corrected chi connectivity index (χ0v) is 11.9. The minimum absolute atomic E-state index is 0.271. The summed E-state index contributed by atoms with van der Waals surface area (Å²) in [5.74, 6) is 2.49. The molecule has 1 aromatic carbocycles. The lowest BCUT2D eigenvalue weighted by Gasteiger charge is -2.31. The number of amides is 1. The van der Waals surface area contributed by atoms with Crippen LogP contribution in [0.25, 0.3) is 0 Å². The van der Waals surface area contributed by atoms with Gasteiger partial charge in [-0.15, -0.1) is 0 Å². The number of thioether (sulfide) groups is 1. The van der Waals surface area contributed by atoms with Crippen LogP contribution in [0.1, 0.15) is 18.4 Å². The molecule has 0 spiro atoms. The Hall–Kier alpha value is -1.00. The summed E-state index contributed by atoms with van der Waals surface area (Å²) in [7, 11) is 0. The number of carbonyl (C=O) groups is 1. The van der Waals surface area contributed by atoms with Crippen LogP contribution in [0.2, 0.25) is 0 Å². The molecule has 0 radical (unpaired) electrons. The Bertz CT molecular complexity index is 457. The van der Waals surface area contributed by atoms with Crippen molar-refractivity contribution in [3.63, 3.8) is 0 Å². The van der Waals surface area contributed by atoms with E-state index in [0.29, 0.717) is 12.5 Å². The molecule has 1 fully saturated rings. The molecule has 3 rings (SSSR count). The van der Waals surface area contributed by atoms with Crippen molar-refractivity contribution in [3.05, 3.63) is 29.8 Å². The standard InChI is InChI=1S/C15H20N2OS/c18-15(10-13-11-19-9-7-16-13)17-8-3-5-12-4-1-2-6-14(12)17/h1-2,4,6,13,16H,3,5,7-11H2. The van der Waals surface area contributed by atoms with E-state index in [2.05, 4.69) is 23.5 Å². The number of hydrogen-bond acceptors (Lipinski definition) is 3. The summed E-state index contributed by atoms with van der Waals surface area (Å²) in [6.45, 7) is 1.90. The van der Waals surface area contributed by atoms with E-state index < -0.39 is 0 Å². The number of benzene rings is 1. The third-order valence-corrected chi connectivity index (χ3v) is 4.96. The Morgan fingerprint density at radius 3 is 3.16 bits per heavy atom. The summed E-state index contributed by atoms with van der Waals surface area (Å²) in [4.78, 5) is 14.5. The van der Waals surface area contributed by atoms with E-state index >= 15 is 0 Å². The highest BCUT2D eigenvalue weighted by atomic mass is 32.2. The maximum atomic E-state index is 12.5. The van der Waals surface area contributed by atoms with E-state index in [-0.39, 0.29) is 5.91 Å². The molecule has 19 heavy (non-hydrogen) atoms. The molecule has 2 heterocycles. The molecule has 3 nitrogen and oxygen atoms in total. The third kappa shape index (κ3) is 2.95. The van der Waals surface area contributed by atoms with Crippen molar-refractivity contribution in [1.82, 2.24) is 5.32 Å². The van der Waals surface area contributed by atoms with Gasteiger partial charge in [0.15, 0.2) is 0 Å². The number of nitrogens with one attached hydrogen (secondary N) is 1. The Kier molecular flexibility index (Phi) is 4.09. The number of aryl methyl sites for hydroxylation is 1. The lowest BCUT2D eigenvalue weighted by molar-refractivity contribution is -0.119. The molecule has 0 bridgehead atoms. The van der Waals surface area contributed by atoms with E-state index in [9.17, 15) is 4.79 Å². The Morgan fingerprint density at radius 2 is 2.32 bits per heavy atom. The molecule has 0 saturated carbocycles. The van der Waals surface area contributed by atoms with Crippen LogP contribution in [0, 0.1) is 0 Å². The molecule has 2 aliphatic rings. The molecule has 1 atom stereocenters. The highest BCUT2D eigenvalue weighted by Crippen LogP contribution is 2.27. The van der Waals surface area contributed by atoms with E-state index in [1.807, 2.05) is 22.7 Å². The molecular formula is C15H20N2OS. The van der Waals surface area contributed by atoms with Crippen LogP contribution in [-0.4, -0.2) is 36.5 Å². The fourth-order valence-corrected chi connectivity index (χ4v) is 3.81. The SMILES string of the molecule is O=C(CC1CSCCN1)N1CCCc2ccccc21. The van der Waals surface area contributed by atoms with Crippen LogP contribution in [0.15, 0.2) is 24.3 Å². The molecule has 1 saturated heterocycles. The second-order valence-corrected chi connectivity index (χ2v) is 6.36. The summed E-state index contributed by atoms with van der Waals surface area (Å²) >= 11 is 1.94. The molecule has 1 aromatic rings. The van der Waals surface area contributed by atoms with Crippen molar-refractivity contribution in [2.75, 3.05) is 29.5 Å². The van der Waals surface area contributed by atoms with Crippen molar-refractivity contribution in [2.45, 2.75) is 25.3 Å². The third-order valence-electron chi connectivity index (χ3n) is 3.83. The first-order chi connectivity index (χ1) is 9.34. The zero-order chi connectivity index (χ0) is 13.1. The van der Waals surface area contributed by atoms with Gasteiger partial charge in [0.2, 0.25) is 5.91 Å². The van der Waals surface area contributed by atoms with Gasteiger partial charge in [0.05, 0.1) is 0 Å². The molecule has 1 N–H and O–H groups in total. The minimum atomic E-state index is 0.271. The summed E-state index contributed by atoms with van der Waals surface area (Å²) in [6.07, 6.45) is 2.80. The average Bonchev–Trinajstić information content (AvgIpc) is 2.47. The Morgan fingerprint density at radius 1 is 1.42 bits per heavy atom. The predicted octanol–water partition coefficient (Wildman–Crippen LogP) is 2.06. The van der Waals surface area contributed by atoms with Gasteiger partial charge in [0, 0.05) is 42.7 Å². The first-order valence-corrected chi connectivity index (χ1v) is 8.19. The van der Waals surface area contributed by atoms with Gasteiger partial charge in [-0.3, -0.25) is 4.79 Å². The van der Waals surface area contributed by atoms with Crippen LogP contribution in [0.3, 0.4) is 0 Å². The number of fused-ring (bicyclic) bond motifs is 1. The van der Waals surface area contributed by atoms with Crippen LogP contribution >= 0.6 is 11.8 Å². The van der Waals surface area contributed by atoms with E-state index in [1.165, 1.54) is 5.56 Å². The smallest absolute Gasteiger partial charge is 0.228 e. The monoisotopic (exact) mass is 276 g/mol. The van der Waals surface area contributed by atoms with E-state index in [4.69, 9.17) is 0 Å². The van der Waals surface area contributed by atoms with Crippen molar-refractivity contribution in [2.24, 2.45) is 0 Å². The Labute approximate surface area is 118 Å². The van der Waals surface area contributed by atoms with Crippen molar-refractivity contribution < 1.29 is 4.79 Å². The van der Waals surface area contributed by atoms with E-state index in [1.54, 1.807) is 0 Å². The molecular weight excluding hydrogens is 256 g/mol. The van der Waals surface area contributed by atoms with Gasteiger partial charge >= 0.3 is 0 Å². The number of carbonyl (C=O) groups excluding carboxylic acids is 1. The maximum Gasteiger partial charge on any atom is 0.228 e. The number of para-hydroxylation sites is 1. The normalized spacial score (nSPS) is 22.9. The molecule has 2 aliphatic heterocycles. The molecule has 0 aromatic heterocycles. The van der Waals surface area contributed by atoms with Gasteiger partial charge in [-0.2, -0.15) is 11.8 Å². The van der Waals surface area contributed by atoms with Crippen molar-refractivity contribution >= 4 is 23.4 Å². The number of nitrogens with zero attached hydrogens (tertiary/aromatic N) is 1. The highest BCUT2D eigenvalue weighted by Gasteiger charge is 2.25. The second-order valence-electron chi connectivity index (χ2n) is 5.21. The molecule has 0 aliphatic carbocycles. The largest absolute Gasteiger partial charge is 0.312 e. The van der Waals surface area contributed by atoms with Crippen LogP contribution in [0.4, 0.5) is 5.69 Å². The summed E-state index contributed by atoms with van der Waals surface area (Å²) in [5.41, 5.74) is 2.44. The zero-order valence-electron chi connectivity index (χ0n) is 11.1. The van der Waals surface area contributed by atoms with Gasteiger partial charge < -0.3 is 10.2 Å². The molecule has 4 heteroatoms. The molecule has 1 unspecified atom stereocenters. The topological polar surface area (TPSA) is 32.3 Å². The summed E-state index contributed by atoms with van der Waals surface area (Å²) in [6, 6.07) is 8.66. The van der Waals surface area contributed by atoms with Gasteiger partial charge in [-0.25, -0.2) is 0 Å². The van der Waals surface area contributed by atoms with Gasteiger partial charge in [-0.05, 0) is 24.5 Å². The van der Waals surface area contributed by atoms with Crippen LogP contribution in [0.5, 0.6) is 0 Å². The lowest BCUT2D eigenvalue weighted by Crippen LogP contribution is -2.44. The van der Waals surface area contributed by atoms with Gasteiger partial charge in [-0.1, -0.05) is 18.2 Å². The van der Waals surface area contributed by atoms with Crippen molar-refractivity contribution in [3.8, 4) is 0 Å². The Balaban J connectivity index is 1.70. The van der Waals surface area contributed by atoms with Gasteiger partial charge in [0.25, 0.3) is 0 Å². The summed E-state index contributed by atoms with van der Waals surface area (Å²) < 4.78 is 0. The quantitative estimate of drug-likeness (QED) is 0.897. The number of hydrogen-bond donors (Lipinski definition) is 1. The molecule has 1 amide bonds. The minimum Gasteiger partial charge on any atom is -0.312 e. The van der Waals surface area contributed by atoms with Crippen molar-refractivity contribution in [1.29, 1.82) is 0 Å². The first-order valence-electron chi connectivity index (χ1n) is 7.04. The van der Waals surface area contributed by atoms with Crippen LogP contribution < -0.4 is 10.2 Å². The highest BCUT2D eigenvalue weighted by molar-refractivity contribution is 7.99.